The second-order valence-corrected chi connectivity index (χ2v) is 22.0. The van der Waals surface area contributed by atoms with Gasteiger partial charge >= 0.3 is 17.9 Å². The van der Waals surface area contributed by atoms with Gasteiger partial charge in [0.1, 0.15) is 13.2 Å². The molecule has 0 aliphatic heterocycles. The van der Waals surface area contributed by atoms with E-state index in [0.29, 0.717) is 19.3 Å². The molecule has 6 nitrogen and oxygen atoms in total. The summed E-state index contributed by atoms with van der Waals surface area (Å²) < 4.78 is 16.9. The minimum atomic E-state index is -0.797. The van der Waals surface area contributed by atoms with E-state index in [1.807, 2.05) is 0 Å². The molecule has 0 aromatic heterocycles. The zero-order valence-corrected chi connectivity index (χ0v) is 51.9. The van der Waals surface area contributed by atoms with Crippen LogP contribution in [0.15, 0.2) is 109 Å². The van der Waals surface area contributed by atoms with Crippen molar-refractivity contribution in [3.8, 4) is 0 Å². The van der Waals surface area contributed by atoms with E-state index in [9.17, 15) is 14.4 Å². The summed E-state index contributed by atoms with van der Waals surface area (Å²) >= 11 is 0. The molecule has 0 saturated carbocycles. The molecular weight excluding hydrogens is 973 g/mol. The number of unbranched alkanes of at least 4 members (excludes halogenated alkanes) is 31. The molecule has 452 valence electrons. The maximum Gasteiger partial charge on any atom is 0.306 e. The van der Waals surface area contributed by atoms with Crippen molar-refractivity contribution in [1.82, 2.24) is 0 Å². The van der Waals surface area contributed by atoms with Crippen molar-refractivity contribution in [2.45, 2.75) is 322 Å². The van der Waals surface area contributed by atoms with Gasteiger partial charge in [-0.25, -0.2) is 0 Å². The van der Waals surface area contributed by atoms with Crippen LogP contribution in [-0.2, 0) is 28.6 Å². The largest absolute Gasteiger partial charge is 0.462 e. The molecule has 0 heterocycles. The average Bonchev–Trinajstić information content (AvgIpc) is 3.45. The number of carbonyl (C=O) groups is 3. The summed E-state index contributed by atoms with van der Waals surface area (Å²) in [4.78, 5) is 38.4. The molecule has 0 aliphatic carbocycles. The van der Waals surface area contributed by atoms with Crippen LogP contribution >= 0.6 is 0 Å². The van der Waals surface area contributed by atoms with E-state index in [1.54, 1.807) is 0 Å². The van der Waals surface area contributed by atoms with Crippen LogP contribution in [-0.4, -0.2) is 37.2 Å². The summed E-state index contributed by atoms with van der Waals surface area (Å²) in [5, 5.41) is 0. The number of ether oxygens (including phenoxy) is 3. The lowest BCUT2D eigenvalue weighted by atomic mass is 10.1. The van der Waals surface area contributed by atoms with Crippen LogP contribution in [0.2, 0.25) is 0 Å². The number of carbonyl (C=O) groups excluding carboxylic acids is 3. The number of hydrogen-bond donors (Lipinski definition) is 0. The smallest absolute Gasteiger partial charge is 0.306 e. The van der Waals surface area contributed by atoms with Gasteiger partial charge in [-0.05, 0) is 128 Å². The Kier molecular flexibility index (Phi) is 63.3. The van der Waals surface area contributed by atoms with Gasteiger partial charge in [0.25, 0.3) is 0 Å². The molecule has 0 aromatic rings. The first kappa shape index (κ1) is 75.1. The molecule has 0 aliphatic rings. The summed E-state index contributed by atoms with van der Waals surface area (Å²) in [6.07, 6.45) is 90.9. The van der Waals surface area contributed by atoms with Crippen LogP contribution in [0, 0.1) is 0 Å². The third kappa shape index (κ3) is 64.8. The average molecular weight is 1100 g/mol. The fourth-order valence-electron chi connectivity index (χ4n) is 9.24. The van der Waals surface area contributed by atoms with Crippen LogP contribution in [0.5, 0.6) is 0 Å². The Morgan fingerprint density at radius 3 is 0.772 bits per heavy atom. The molecule has 1 unspecified atom stereocenters. The van der Waals surface area contributed by atoms with Crippen molar-refractivity contribution >= 4 is 17.9 Å². The number of rotatable bonds is 60. The van der Waals surface area contributed by atoms with Crippen molar-refractivity contribution in [3.05, 3.63) is 109 Å². The lowest BCUT2D eigenvalue weighted by Gasteiger charge is -2.18. The molecule has 1 atom stereocenters. The topological polar surface area (TPSA) is 78.9 Å². The highest BCUT2D eigenvalue weighted by atomic mass is 16.6. The molecule has 0 fully saturated rings. The first-order valence-corrected chi connectivity index (χ1v) is 33.4. The van der Waals surface area contributed by atoms with Gasteiger partial charge < -0.3 is 14.2 Å². The number of allylic oxidation sites excluding steroid dienone is 18. The molecule has 0 rings (SSSR count). The van der Waals surface area contributed by atoms with Gasteiger partial charge in [0.2, 0.25) is 0 Å². The van der Waals surface area contributed by atoms with Crippen LogP contribution in [0.1, 0.15) is 316 Å². The highest BCUT2D eigenvalue weighted by molar-refractivity contribution is 5.71. The Hall–Kier alpha value is -3.93. The van der Waals surface area contributed by atoms with E-state index < -0.39 is 6.10 Å². The predicted molar refractivity (Wildman–Crippen MR) is 343 cm³/mol. The van der Waals surface area contributed by atoms with Gasteiger partial charge in [-0.15, -0.1) is 0 Å². The molecule has 79 heavy (non-hydrogen) atoms. The van der Waals surface area contributed by atoms with Crippen LogP contribution in [0.25, 0.3) is 0 Å². The molecular formula is C73H124O6. The van der Waals surface area contributed by atoms with E-state index in [-0.39, 0.29) is 31.1 Å². The van der Waals surface area contributed by atoms with E-state index >= 15 is 0 Å². The summed E-state index contributed by atoms with van der Waals surface area (Å²) in [5.74, 6) is -0.912. The van der Waals surface area contributed by atoms with Crippen molar-refractivity contribution in [2.75, 3.05) is 13.2 Å². The summed E-state index contributed by atoms with van der Waals surface area (Å²) in [5.41, 5.74) is 0. The van der Waals surface area contributed by atoms with Gasteiger partial charge in [0.15, 0.2) is 6.10 Å². The Balaban J connectivity index is 4.43. The summed E-state index contributed by atoms with van der Waals surface area (Å²) in [6.45, 7) is 6.51. The summed E-state index contributed by atoms with van der Waals surface area (Å²) in [7, 11) is 0. The molecule has 0 saturated heterocycles. The monoisotopic (exact) mass is 1100 g/mol. The molecule has 0 aromatic carbocycles. The molecule has 0 spiro atoms. The van der Waals surface area contributed by atoms with Gasteiger partial charge in [-0.1, -0.05) is 278 Å². The Morgan fingerprint density at radius 2 is 0.494 bits per heavy atom. The molecule has 0 bridgehead atoms. The van der Waals surface area contributed by atoms with E-state index in [1.165, 1.54) is 148 Å². The van der Waals surface area contributed by atoms with E-state index in [2.05, 4.69) is 130 Å². The lowest BCUT2D eigenvalue weighted by Crippen LogP contribution is -2.30. The Bertz CT molecular complexity index is 1590. The highest BCUT2D eigenvalue weighted by Gasteiger charge is 2.19. The molecule has 0 radical (unpaired) electrons. The fraction of sp³-hybridized carbons (Fsp3) is 0.712. The summed E-state index contributed by atoms with van der Waals surface area (Å²) in [6, 6.07) is 0. The quantitative estimate of drug-likeness (QED) is 0.0261. The predicted octanol–water partition coefficient (Wildman–Crippen LogP) is 23.0. The third-order valence-electron chi connectivity index (χ3n) is 14.2. The Labute approximate surface area is 489 Å². The second kappa shape index (κ2) is 66.6. The first-order chi connectivity index (χ1) is 39.0. The number of hydrogen-bond acceptors (Lipinski definition) is 6. The minimum Gasteiger partial charge on any atom is -0.462 e. The standard InChI is InChI=1S/C73H124O6/c1-4-7-10-13-16-19-22-25-28-31-33-35-36-38-39-42-45-48-51-54-57-60-63-66-72(75)78-69-70(68-77-71(74)65-62-59-56-53-50-47-44-41-30-27-24-21-18-15-12-9-6-3)79-73(76)67-64-61-58-55-52-49-46-43-40-37-34-32-29-26-23-20-17-14-11-8-5-2/h9,12,18,21-23,25-27,30-34,36,38,40,43,70H,4-8,10-11,13-17,19-20,24,28-29,35,37,39,41-42,44-69H2,1-3H3/b12-9-,21-18-,25-22-,26-23-,30-27-,33-31-,34-32-,38-36-,43-40-. The van der Waals surface area contributed by atoms with Gasteiger partial charge in [0, 0.05) is 19.3 Å². The van der Waals surface area contributed by atoms with E-state index in [4.69, 9.17) is 14.2 Å². The van der Waals surface area contributed by atoms with Crippen molar-refractivity contribution in [3.63, 3.8) is 0 Å². The van der Waals surface area contributed by atoms with Crippen molar-refractivity contribution < 1.29 is 28.6 Å². The van der Waals surface area contributed by atoms with Gasteiger partial charge in [0.05, 0.1) is 0 Å². The lowest BCUT2D eigenvalue weighted by molar-refractivity contribution is -0.167. The minimum absolute atomic E-state index is 0.0914. The first-order valence-electron chi connectivity index (χ1n) is 33.4. The zero-order chi connectivity index (χ0) is 57.1. The zero-order valence-electron chi connectivity index (χ0n) is 51.9. The van der Waals surface area contributed by atoms with Crippen molar-refractivity contribution in [2.24, 2.45) is 0 Å². The van der Waals surface area contributed by atoms with Crippen LogP contribution in [0.4, 0.5) is 0 Å². The SMILES string of the molecule is CC/C=C\C/C=C\C/C=C\CCCCCCCCCC(=O)OCC(COC(=O)CCCCCCCCCC/C=C\C/C=C\C/C=C\CCCCCCC)OC(=O)CCCCCCCC/C=C\C/C=C\C/C=C\CCCCCCC. The molecule has 0 amide bonds. The third-order valence-corrected chi connectivity index (χ3v) is 14.2. The maximum absolute atomic E-state index is 12.9. The van der Waals surface area contributed by atoms with E-state index in [0.717, 1.165) is 128 Å². The second-order valence-electron chi connectivity index (χ2n) is 22.0. The molecule has 0 N–H and O–H groups in total. The Morgan fingerprint density at radius 1 is 0.266 bits per heavy atom. The number of esters is 3. The fourth-order valence-corrected chi connectivity index (χ4v) is 9.24. The van der Waals surface area contributed by atoms with Gasteiger partial charge in [-0.3, -0.25) is 14.4 Å². The highest BCUT2D eigenvalue weighted by Crippen LogP contribution is 2.15. The van der Waals surface area contributed by atoms with Crippen molar-refractivity contribution in [1.29, 1.82) is 0 Å². The maximum atomic E-state index is 12.9. The molecule has 6 heteroatoms. The van der Waals surface area contributed by atoms with Crippen LogP contribution in [0.3, 0.4) is 0 Å². The van der Waals surface area contributed by atoms with Crippen LogP contribution < -0.4 is 0 Å². The normalized spacial score (nSPS) is 12.8. The van der Waals surface area contributed by atoms with Gasteiger partial charge in [-0.2, -0.15) is 0 Å².